The second-order valence-electron chi connectivity index (χ2n) is 7.95. The van der Waals surface area contributed by atoms with Crippen LogP contribution in [0.1, 0.15) is 37.4 Å². The van der Waals surface area contributed by atoms with Gasteiger partial charge in [-0.25, -0.2) is 4.98 Å². The second kappa shape index (κ2) is 8.35. The number of carbonyl (C=O) groups excluding carboxylic acids is 2. The summed E-state index contributed by atoms with van der Waals surface area (Å²) in [4.78, 5) is 29.2. The molecule has 0 atom stereocenters. The highest BCUT2D eigenvalue weighted by Crippen LogP contribution is 2.34. The van der Waals surface area contributed by atoms with E-state index in [4.69, 9.17) is 0 Å². The van der Waals surface area contributed by atoms with Crippen molar-refractivity contribution >= 4 is 17.5 Å². The molecule has 1 aliphatic rings. The van der Waals surface area contributed by atoms with E-state index < -0.39 is 23.5 Å². The lowest BCUT2D eigenvalue weighted by molar-refractivity contribution is -0.137. The zero-order valence-corrected chi connectivity index (χ0v) is 18.2. The Morgan fingerprint density at radius 3 is 2.49 bits per heavy atom. The smallest absolute Gasteiger partial charge is 0.348 e. The van der Waals surface area contributed by atoms with Gasteiger partial charge in [0.2, 0.25) is 0 Å². The topological polar surface area (TPSA) is 102 Å². The van der Waals surface area contributed by atoms with E-state index in [0.717, 1.165) is 33.8 Å². The van der Waals surface area contributed by atoms with Crippen LogP contribution in [0.5, 0.6) is 0 Å². The quantitative estimate of drug-likeness (QED) is 0.459. The predicted octanol–water partition coefficient (Wildman–Crippen LogP) is 4.15. The number of amides is 2. The van der Waals surface area contributed by atoms with E-state index in [2.05, 4.69) is 25.8 Å². The van der Waals surface area contributed by atoms with Gasteiger partial charge >= 0.3 is 6.18 Å². The van der Waals surface area contributed by atoms with Crippen LogP contribution in [0.25, 0.3) is 16.9 Å². The number of aryl methyl sites for hydroxylation is 1. The van der Waals surface area contributed by atoms with Crippen molar-refractivity contribution in [1.82, 2.24) is 25.3 Å². The van der Waals surface area contributed by atoms with Crippen LogP contribution >= 0.6 is 0 Å². The maximum Gasteiger partial charge on any atom is 0.420 e. The molecular formula is C24H17F3N6O2. The van der Waals surface area contributed by atoms with E-state index in [1.54, 1.807) is 25.1 Å². The van der Waals surface area contributed by atoms with Crippen LogP contribution in [0.15, 0.2) is 61.1 Å². The highest BCUT2D eigenvalue weighted by Gasteiger charge is 2.36. The van der Waals surface area contributed by atoms with E-state index in [0.29, 0.717) is 23.2 Å². The minimum Gasteiger partial charge on any atom is -0.348 e. The zero-order chi connectivity index (χ0) is 24.7. The Morgan fingerprint density at radius 1 is 1.06 bits per heavy atom. The fourth-order valence-electron chi connectivity index (χ4n) is 3.93. The summed E-state index contributed by atoms with van der Waals surface area (Å²) < 4.78 is 40.8. The number of pyridine rings is 1. The molecule has 2 amide bonds. The molecule has 11 heteroatoms. The molecule has 0 radical (unpaired) electrons. The summed E-state index contributed by atoms with van der Waals surface area (Å²) in [6.07, 6.45) is -1.13. The second-order valence-corrected chi connectivity index (χ2v) is 7.95. The highest BCUT2D eigenvalue weighted by molar-refractivity contribution is 6.05. The Hall–Kier alpha value is -4.54. The molecule has 0 spiro atoms. The Morgan fingerprint density at radius 2 is 1.77 bits per heavy atom. The van der Waals surface area contributed by atoms with Crippen LogP contribution in [-0.4, -0.2) is 31.8 Å². The lowest BCUT2D eigenvalue weighted by atomic mass is 9.97. The molecule has 35 heavy (non-hydrogen) atoms. The van der Waals surface area contributed by atoms with Crippen molar-refractivity contribution in [2.24, 2.45) is 0 Å². The molecule has 5 rings (SSSR count). The number of hydrogen-bond acceptors (Lipinski definition) is 5. The fraction of sp³-hybridized carbons (Fsp3) is 0.125. The molecule has 8 nitrogen and oxygen atoms in total. The van der Waals surface area contributed by atoms with Crippen molar-refractivity contribution in [2.45, 2.75) is 19.6 Å². The first kappa shape index (κ1) is 22.3. The van der Waals surface area contributed by atoms with Gasteiger partial charge in [0.25, 0.3) is 11.8 Å². The average molecular weight is 478 g/mol. The maximum absolute atomic E-state index is 13.6. The van der Waals surface area contributed by atoms with Crippen molar-refractivity contribution in [3.05, 3.63) is 88.9 Å². The first-order chi connectivity index (χ1) is 16.7. The minimum absolute atomic E-state index is 0.105. The summed E-state index contributed by atoms with van der Waals surface area (Å²) in [5.74, 6) is -1.17. The van der Waals surface area contributed by atoms with Crippen molar-refractivity contribution in [1.29, 1.82) is 0 Å². The van der Waals surface area contributed by atoms with Gasteiger partial charge in [-0.1, -0.05) is 18.2 Å². The van der Waals surface area contributed by atoms with Gasteiger partial charge < -0.3 is 10.6 Å². The first-order valence-corrected chi connectivity index (χ1v) is 10.5. The molecule has 0 unspecified atom stereocenters. The number of carbonyl (C=O) groups is 2. The molecule has 176 valence electrons. The van der Waals surface area contributed by atoms with Crippen molar-refractivity contribution in [2.75, 3.05) is 5.32 Å². The lowest BCUT2D eigenvalue weighted by Crippen LogP contribution is -2.17. The van der Waals surface area contributed by atoms with E-state index in [-0.39, 0.29) is 11.6 Å². The molecule has 2 aromatic carbocycles. The monoisotopic (exact) mass is 478 g/mol. The number of alkyl halides is 3. The summed E-state index contributed by atoms with van der Waals surface area (Å²) in [6, 6.07) is 11.5. The summed E-state index contributed by atoms with van der Waals surface area (Å²) in [5, 5.41) is 12.7. The SMILES string of the molecule is Cc1cc(-c2ccc3c(c2)CNC3=O)ccc1C(=O)Nc1cnc(-n2nccn2)c(C(F)(F)F)c1. The van der Waals surface area contributed by atoms with E-state index in [1.807, 2.05) is 18.2 Å². The van der Waals surface area contributed by atoms with Gasteiger partial charge in [-0.05, 0) is 53.4 Å². The summed E-state index contributed by atoms with van der Waals surface area (Å²) in [5.41, 5.74) is 3.02. The lowest BCUT2D eigenvalue weighted by Gasteiger charge is -2.14. The van der Waals surface area contributed by atoms with E-state index in [9.17, 15) is 22.8 Å². The van der Waals surface area contributed by atoms with Crippen LogP contribution in [0.4, 0.5) is 18.9 Å². The molecule has 0 saturated heterocycles. The van der Waals surface area contributed by atoms with Gasteiger partial charge in [-0.2, -0.15) is 23.4 Å². The number of halogens is 3. The van der Waals surface area contributed by atoms with E-state index in [1.165, 1.54) is 12.4 Å². The fourth-order valence-corrected chi connectivity index (χ4v) is 3.93. The van der Waals surface area contributed by atoms with Crippen molar-refractivity contribution < 1.29 is 22.8 Å². The Labute approximate surface area is 196 Å². The van der Waals surface area contributed by atoms with Crippen LogP contribution in [0.2, 0.25) is 0 Å². The Bertz CT molecular complexity index is 1460. The van der Waals surface area contributed by atoms with Crippen LogP contribution in [-0.2, 0) is 12.7 Å². The molecule has 0 saturated carbocycles. The number of rotatable bonds is 4. The van der Waals surface area contributed by atoms with Gasteiger partial charge in [0.05, 0.1) is 24.3 Å². The third-order valence-corrected chi connectivity index (χ3v) is 5.63. The first-order valence-electron chi connectivity index (χ1n) is 10.5. The van der Waals surface area contributed by atoms with Gasteiger partial charge in [-0.3, -0.25) is 9.59 Å². The highest BCUT2D eigenvalue weighted by atomic mass is 19.4. The zero-order valence-electron chi connectivity index (χ0n) is 18.2. The van der Waals surface area contributed by atoms with Gasteiger partial charge in [0, 0.05) is 17.7 Å². The van der Waals surface area contributed by atoms with Crippen molar-refractivity contribution in [3.63, 3.8) is 0 Å². The molecule has 4 aromatic rings. The largest absolute Gasteiger partial charge is 0.420 e. The van der Waals surface area contributed by atoms with Gasteiger partial charge in [0.15, 0.2) is 5.82 Å². The molecule has 0 bridgehead atoms. The maximum atomic E-state index is 13.6. The van der Waals surface area contributed by atoms with Gasteiger partial charge in [-0.15, -0.1) is 4.80 Å². The summed E-state index contributed by atoms with van der Waals surface area (Å²) >= 11 is 0. The molecule has 1 aliphatic heterocycles. The average Bonchev–Trinajstić information content (AvgIpc) is 3.48. The molecule has 3 heterocycles. The number of nitrogens with one attached hydrogen (secondary N) is 2. The number of anilines is 1. The summed E-state index contributed by atoms with van der Waals surface area (Å²) in [7, 11) is 0. The number of hydrogen-bond donors (Lipinski definition) is 2. The van der Waals surface area contributed by atoms with Crippen LogP contribution < -0.4 is 10.6 Å². The van der Waals surface area contributed by atoms with Gasteiger partial charge in [0.1, 0.15) is 5.56 Å². The minimum atomic E-state index is -4.73. The molecular weight excluding hydrogens is 461 g/mol. The number of benzene rings is 2. The molecule has 0 aliphatic carbocycles. The molecule has 2 aromatic heterocycles. The van der Waals surface area contributed by atoms with Crippen LogP contribution in [0.3, 0.4) is 0 Å². The predicted molar refractivity (Wildman–Crippen MR) is 120 cm³/mol. The third-order valence-electron chi connectivity index (χ3n) is 5.63. The standard InChI is InChI=1S/C24H17F3N6O2/c1-13-8-14(15-3-5-19-16(9-15)11-29-22(19)34)2-4-18(13)23(35)32-17-10-20(24(25,26)27)21(28-12-17)33-30-6-7-31-33/h2-10,12H,11H2,1H3,(H,29,34)(H,32,35). The Balaban J connectivity index is 1.40. The summed E-state index contributed by atoms with van der Waals surface area (Å²) in [6.45, 7) is 2.20. The molecule has 2 N–H and O–H groups in total. The molecule has 0 fully saturated rings. The van der Waals surface area contributed by atoms with E-state index >= 15 is 0 Å². The number of fused-ring (bicyclic) bond motifs is 1. The number of nitrogens with zero attached hydrogens (tertiary/aromatic N) is 4. The Kier molecular flexibility index (Phi) is 5.31. The van der Waals surface area contributed by atoms with Crippen molar-refractivity contribution in [3.8, 4) is 16.9 Å². The third kappa shape index (κ3) is 4.23. The normalized spacial score (nSPS) is 12.9. The number of aromatic nitrogens is 4. The van der Waals surface area contributed by atoms with Crippen LogP contribution in [0, 0.1) is 6.92 Å².